The van der Waals surface area contributed by atoms with E-state index in [0.717, 1.165) is 35.0 Å². The molecule has 1 saturated carbocycles. The molecule has 7 heteroatoms. The number of hydrogen-bond acceptors (Lipinski definition) is 3. The van der Waals surface area contributed by atoms with Crippen LogP contribution in [0.25, 0.3) is 10.2 Å². The lowest BCUT2D eigenvalue weighted by molar-refractivity contribution is -0.134. The number of carbonyl (C=O) groups is 2. The average molecular weight is 470 g/mol. The Balaban J connectivity index is 1.52. The largest absolute Gasteiger partial charge is 0.351 e. The summed E-state index contributed by atoms with van der Waals surface area (Å²) in [5, 5.41) is 6.01. The summed E-state index contributed by atoms with van der Waals surface area (Å²) < 4.78 is 3.10. The normalized spacial score (nSPS) is 25.7. The Labute approximate surface area is 197 Å². The minimum absolute atomic E-state index is 0.0682. The average Bonchev–Trinajstić information content (AvgIpc) is 3.36. The first kappa shape index (κ1) is 21.5. The van der Waals surface area contributed by atoms with Gasteiger partial charge in [0.2, 0.25) is 5.91 Å². The highest BCUT2D eigenvalue weighted by molar-refractivity contribution is 7.17. The molecule has 2 unspecified atom stereocenters. The van der Waals surface area contributed by atoms with E-state index in [9.17, 15) is 9.59 Å². The van der Waals surface area contributed by atoms with Gasteiger partial charge in [-0.1, -0.05) is 43.5 Å². The summed E-state index contributed by atoms with van der Waals surface area (Å²) in [5.74, 6) is 0.274. The quantitative estimate of drug-likeness (QED) is 0.551. The smallest absolute Gasteiger partial charge is 0.271 e. The van der Waals surface area contributed by atoms with Gasteiger partial charge >= 0.3 is 0 Å². The first-order valence-electron chi connectivity index (χ1n) is 11.3. The molecule has 32 heavy (non-hydrogen) atoms. The summed E-state index contributed by atoms with van der Waals surface area (Å²) in [6, 6.07) is 11.6. The van der Waals surface area contributed by atoms with Gasteiger partial charge in [0.25, 0.3) is 5.91 Å². The second-order valence-corrected chi connectivity index (χ2v) is 10.8. The van der Waals surface area contributed by atoms with Crippen molar-refractivity contribution in [2.45, 2.75) is 64.2 Å². The van der Waals surface area contributed by atoms with Crippen molar-refractivity contribution in [1.29, 1.82) is 0 Å². The van der Waals surface area contributed by atoms with E-state index in [1.165, 1.54) is 6.42 Å². The van der Waals surface area contributed by atoms with Crippen LogP contribution in [-0.2, 0) is 17.9 Å². The first-order chi connectivity index (χ1) is 15.4. The molecule has 5 nitrogen and oxygen atoms in total. The van der Waals surface area contributed by atoms with E-state index in [2.05, 4.69) is 12.2 Å². The Hall–Kier alpha value is -2.31. The molecule has 1 aromatic carbocycles. The van der Waals surface area contributed by atoms with Crippen LogP contribution in [0, 0.1) is 5.92 Å². The first-order valence-corrected chi connectivity index (χ1v) is 12.6. The number of carbonyl (C=O) groups excluding carboxylic acids is 2. The molecule has 3 aromatic rings. The summed E-state index contributed by atoms with van der Waals surface area (Å²) in [6.07, 6.45) is 4.48. The second-order valence-electron chi connectivity index (χ2n) is 9.42. The van der Waals surface area contributed by atoms with Crippen molar-refractivity contribution >= 4 is 45.0 Å². The van der Waals surface area contributed by atoms with Gasteiger partial charge in [-0.3, -0.25) is 9.59 Å². The van der Waals surface area contributed by atoms with Crippen LogP contribution in [0.1, 0.15) is 55.6 Å². The number of rotatable bonds is 4. The zero-order valence-electron chi connectivity index (χ0n) is 18.4. The van der Waals surface area contributed by atoms with Crippen molar-refractivity contribution in [3.8, 4) is 0 Å². The monoisotopic (exact) mass is 469 g/mol. The van der Waals surface area contributed by atoms with Crippen molar-refractivity contribution in [2.75, 3.05) is 0 Å². The van der Waals surface area contributed by atoms with Crippen molar-refractivity contribution in [2.24, 2.45) is 5.92 Å². The summed E-state index contributed by atoms with van der Waals surface area (Å²) in [5.41, 5.74) is 1.63. The molecule has 0 spiro atoms. The Morgan fingerprint density at radius 3 is 2.72 bits per heavy atom. The van der Waals surface area contributed by atoms with E-state index >= 15 is 0 Å². The maximum absolute atomic E-state index is 13.8. The lowest BCUT2D eigenvalue weighted by Crippen LogP contribution is -2.65. The standard InChI is InChI=1S/C25H28ClN3O2S/c1-16-5-3-4-6-19(16)27-24(31)25(2)15-28-20-11-12-32-22(20)13-21(28)23(30)29(25)14-17-7-9-18(26)10-8-17/h7-13,16,19H,3-6,14-15H2,1-2H3,(H,27,31)/t16?,19?,25-/m1/s1. The molecule has 0 saturated heterocycles. The van der Waals surface area contributed by atoms with Gasteiger partial charge in [0.1, 0.15) is 11.2 Å². The molecule has 0 radical (unpaired) electrons. The van der Waals surface area contributed by atoms with Crippen LogP contribution < -0.4 is 5.32 Å². The number of halogens is 1. The molecule has 3 heterocycles. The van der Waals surface area contributed by atoms with Crippen LogP contribution in [0.3, 0.4) is 0 Å². The van der Waals surface area contributed by atoms with E-state index in [-0.39, 0.29) is 17.9 Å². The highest BCUT2D eigenvalue weighted by atomic mass is 35.5. The molecule has 168 valence electrons. The molecular formula is C25H28ClN3O2S. The van der Waals surface area contributed by atoms with Gasteiger partial charge in [0.05, 0.1) is 16.8 Å². The highest BCUT2D eigenvalue weighted by Crippen LogP contribution is 2.36. The third-order valence-corrected chi connectivity index (χ3v) is 8.32. The molecule has 2 amide bonds. The number of aromatic nitrogens is 1. The number of nitrogens with one attached hydrogen (secondary N) is 1. The molecule has 1 aliphatic carbocycles. The molecule has 2 aromatic heterocycles. The van der Waals surface area contributed by atoms with Crippen molar-refractivity contribution in [3.05, 3.63) is 58.1 Å². The van der Waals surface area contributed by atoms with Crippen LogP contribution in [-0.4, -0.2) is 32.9 Å². The lowest BCUT2D eigenvalue weighted by Gasteiger charge is -2.45. The van der Waals surface area contributed by atoms with Crippen LogP contribution in [0.15, 0.2) is 41.8 Å². The van der Waals surface area contributed by atoms with Gasteiger partial charge in [-0.25, -0.2) is 0 Å². The maximum atomic E-state index is 13.8. The Kier molecular flexibility index (Phi) is 5.54. The molecule has 1 fully saturated rings. The number of benzene rings is 1. The van der Waals surface area contributed by atoms with Gasteiger partial charge < -0.3 is 14.8 Å². The molecule has 0 bridgehead atoms. The van der Waals surface area contributed by atoms with Crippen molar-refractivity contribution in [1.82, 2.24) is 14.8 Å². The molecule has 1 aliphatic heterocycles. The maximum Gasteiger partial charge on any atom is 0.271 e. The molecule has 5 rings (SSSR count). The Bertz CT molecular complexity index is 1170. The topological polar surface area (TPSA) is 54.3 Å². The molecular weight excluding hydrogens is 442 g/mol. The summed E-state index contributed by atoms with van der Waals surface area (Å²) in [4.78, 5) is 29.3. The summed E-state index contributed by atoms with van der Waals surface area (Å²) >= 11 is 7.68. The van der Waals surface area contributed by atoms with Gasteiger partial charge in [-0.05, 0) is 60.9 Å². The number of hydrogen-bond donors (Lipinski definition) is 1. The number of fused-ring (bicyclic) bond motifs is 3. The van der Waals surface area contributed by atoms with Gasteiger partial charge in [0, 0.05) is 17.6 Å². The van der Waals surface area contributed by atoms with Crippen LogP contribution in [0.5, 0.6) is 0 Å². The van der Waals surface area contributed by atoms with E-state index in [1.54, 1.807) is 16.2 Å². The second kappa shape index (κ2) is 8.23. The van der Waals surface area contributed by atoms with E-state index in [0.29, 0.717) is 29.7 Å². The van der Waals surface area contributed by atoms with E-state index in [1.807, 2.05) is 53.3 Å². The van der Waals surface area contributed by atoms with Gasteiger partial charge in [-0.15, -0.1) is 11.3 Å². The predicted molar refractivity (Wildman–Crippen MR) is 129 cm³/mol. The fourth-order valence-electron chi connectivity index (χ4n) is 5.15. The number of nitrogens with zero attached hydrogens (tertiary/aromatic N) is 2. The zero-order valence-corrected chi connectivity index (χ0v) is 20.0. The number of amides is 2. The van der Waals surface area contributed by atoms with Crippen molar-refractivity contribution in [3.63, 3.8) is 0 Å². The summed E-state index contributed by atoms with van der Waals surface area (Å²) in [6.45, 7) is 4.92. The fourth-order valence-corrected chi connectivity index (χ4v) is 6.10. The third-order valence-electron chi connectivity index (χ3n) is 7.22. The van der Waals surface area contributed by atoms with E-state index < -0.39 is 5.54 Å². The van der Waals surface area contributed by atoms with Crippen molar-refractivity contribution < 1.29 is 9.59 Å². The van der Waals surface area contributed by atoms with Crippen LogP contribution in [0.2, 0.25) is 5.02 Å². The fraction of sp³-hybridized carbons (Fsp3) is 0.440. The van der Waals surface area contributed by atoms with Crippen LogP contribution in [0.4, 0.5) is 0 Å². The predicted octanol–water partition coefficient (Wildman–Crippen LogP) is 5.47. The Morgan fingerprint density at radius 1 is 1.22 bits per heavy atom. The number of thiophene rings is 1. The minimum atomic E-state index is -0.991. The SMILES string of the molecule is CC1CCCCC1NC(=O)[C@@]1(C)Cn2c(cc3sccc32)C(=O)N1Cc1ccc(Cl)cc1. The molecule has 3 atom stereocenters. The third kappa shape index (κ3) is 3.63. The zero-order chi connectivity index (χ0) is 22.5. The highest BCUT2D eigenvalue weighted by Gasteiger charge is 2.48. The van der Waals surface area contributed by atoms with Gasteiger partial charge in [-0.2, -0.15) is 0 Å². The molecule has 2 aliphatic rings. The summed E-state index contributed by atoms with van der Waals surface area (Å²) in [7, 11) is 0. The van der Waals surface area contributed by atoms with E-state index in [4.69, 9.17) is 11.6 Å². The minimum Gasteiger partial charge on any atom is -0.351 e. The van der Waals surface area contributed by atoms with Gasteiger partial charge in [0.15, 0.2) is 0 Å². The molecule has 1 N–H and O–H groups in total. The van der Waals surface area contributed by atoms with Crippen LogP contribution >= 0.6 is 22.9 Å². The Morgan fingerprint density at radius 2 is 1.97 bits per heavy atom. The lowest BCUT2D eigenvalue weighted by atomic mass is 9.85.